The van der Waals surface area contributed by atoms with Gasteiger partial charge in [-0.3, -0.25) is 9.59 Å². The molecule has 9 heteroatoms. The van der Waals surface area contributed by atoms with E-state index in [4.69, 9.17) is 9.84 Å². The maximum atomic E-state index is 12.8. The van der Waals surface area contributed by atoms with Crippen LogP contribution in [0.15, 0.2) is 93.9 Å². The minimum absolute atomic E-state index is 0.0406. The van der Waals surface area contributed by atoms with E-state index in [1.165, 1.54) is 11.8 Å². The van der Waals surface area contributed by atoms with Crippen LogP contribution in [0.1, 0.15) is 30.0 Å². The van der Waals surface area contributed by atoms with Crippen molar-refractivity contribution in [2.24, 2.45) is 10.1 Å². The third-order valence-corrected chi connectivity index (χ3v) is 8.03. The van der Waals surface area contributed by atoms with E-state index in [2.05, 4.69) is 22.4 Å². The topological polar surface area (TPSA) is 83.4 Å². The van der Waals surface area contributed by atoms with Crippen LogP contribution in [-0.2, 0) is 9.59 Å². The number of ether oxygens (including phenoxy) is 1. The first-order chi connectivity index (χ1) is 18.0. The number of carbonyl (C=O) groups is 2. The Balaban J connectivity index is 1.33. The number of hydrogen-bond donors (Lipinski definition) is 1. The van der Waals surface area contributed by atoms with E-state index in [9.17, 15) is 9.59 Å². The van der Waals surface area contributed by atoms with Crippen LogP contribution < -0.4 is 10.1 Å². The summed E-state index contributed by atoms with van der Waals surface area (Å²) in [4.78, 5) is 30.9. The lowest BCUT2D eigenvalue weighted by atomic mass is 9.98. The quantitative estimate of drug-likeness (QED) is 0.401. The maximum absolute atomic E-state index is 12.8. The predicted molar refractivity (Wildman–Crippen MR) is 150 cm³/mol. The Kier molecular flexibility index (Phi) is 7.62. The van der Waals surface area contributed by atoms with Gasteiger partial charge in [-0.1, -0.05) is 48.2 Å². The van der Waals surface area contributed by atoms with Gasteiger partial charge in [0.2, 0.25) is 5.91 Å². The van der Waals surface area contributed by atoms with Gasteiger partial charge in [-0.25, -0.2) is 5.01 Å². The number of carbonyl (C=O) groups excluding carboxylic acids is 2. The molecule has 0 spiro atoms. The highest BCUT2D eigenvalue weighted by Crippen LogP contribution is 2.38. The summed E-state index contributed by atoms with van der Waals surface area (Å²) in [6, 6.07) is 25.4. The second kappa shape index (κ2) is 11.2. The number of amidine groups is 1. The molecule has 1 N–H and O–H groups in total. The third-order valence-electron chi connectivity index (χ3n) is 6.17. The van der Waals surface area contributed by atoms with Crippen LogP contribution in [0.4, 0.5) is 5.69 Å². The molecule has 0 radical (unpaired) electrons. The number of hydrogen-bond acceptors (Lipinski definition) is 7. The molecule has 2 aliphatic rings. The Hall–Kier alpha value is -3.56. The molecule has 188 valence electrons. The molecule has 2 atom stereocenters. The average molecular weight is 531 g/mol. The summed E-state index contributed by atoms with van der Waals surface area (Å²) in [6.07, 6.45) is 2.69. The molecule has 37 heavy (non-hydrogen) atoms. The standard InChI is InChI=1S/C28H26N4O3S2/c1-35-21-13-11-18(12-14-21)23-16-24(19-7-4-3-5-8-19)32(31-23)28-30-27(34)25(37-28)17-26(33)29-20-9-6-10-22(15-20)36-2/h3-15,24-25H,16-17H2,1-2H3,(H,29,33)/t24-,25+/m1/s1. The number of anilines is 1. The monoisotopic (exact) mass is 530 g/mol. The van der Waals surface area contributed by atoms with Crippen molar-refractivity contribution >= 4 is 51.9 Å². The third kappa shape index (κ3) is 5.73. The highest BCUT2D eigenvalue weighted by molar-refractivity contribution is 8.15. The van der Waals surface area contributed by atoms with E-state index < -0.39 is 5.25 Å². The molecule has 0 aromatic heterocycles. The largest absolute Gasteiger partial charge is 0.497 e. The average Bonchev–Trinajstić information content (AvgIpc) is 3.53. The van der Waals surface area contributed by atoms with E-state index in [0.29, 0.717) is 17.3 Å². The number of benzene rings is 3. The fourth-order valence-electron chi connectivity index (χ4n) is 4.27. The molecule has 2 aliphatic heterocycles. The fourth-order valence-corrected chi connectivity index (χ4v) is 5.79. The number of amides is 2. The van der Waals surface area contributed by atoms with Gasteiger partial charge >= 0.3 is 0 Å². The summed E-state index contributed by atoms with van der Waals surface area (Å²) in [7, 11) is 1.64. The Labute approximate surface area is 224 Å². The van der Waals surface area contributed by atoms with Crippen LogP contribution >= 0.6 is 23.5 Å². The molecule has 0 fully saturated rings. The van der Waals surface area contributed by atoms with Crippen molar-refractivity contribution in [1.29, 1.82) is 0 Å². The van der Waals surface area contributed by atoms with Crippen LogP contribution in [-0.4, -0.2) is 46.3 Å². The van der Waals surface area contributed by atoms with Crippen molar-refractivity contribution in [3.8, 4) is 5.75 Å². The van der Waals surface area contributed by atoms with Crippen LogP contribution in [0.5, 0.6) is 5.75 Å². The molecule has 7 nitrogen and oxygen atoms in total. The van der Waals surface area contributed by atoms with E-state index >= 15 is 0 Å². The molecule has 0 saturated heterocycles. The minimum Gasteiger partial charge on any atom is -0.497 e. The summed E-state index contributed by atoms with van der Waals surface area (Å²) < 4.78 is 5.28. The summed E-state index contributed by atoms with van der Waals surface area (Å²) in [5.41, 5.74) is 3.69. The van der Waals surface area contributed by atoms with Crippen LogP contribution in [0.2, 0.25) is 0 Å². The molecule has 0 saturated carbocycles. The van der Waals surface area contributed by atoms with Gasteiger partial charge in [0.05, 0.1) is 18.9 Å². The second-order valence-corrected chi connectivity index (χ2v) is 10.6. The lowest BCUT2D eigenvalue weighted by molar-refractivity contribution is -0.121. The predicted octanol–water partition coefficient (Wildman–Crippen LogP) is 5.60. The number of thioether (sulfide) groups is 2. The van der Waals surface area contributed by atoms with Gasteiger partial charge in [-0.2, -0.15) is 10.1 Å². The number of rotatable bonds is 7. The first kappa shape index (κ1) is 25.1. The van der Waals surface area contributed by atoms with Crippen LogP contribution in [0.25, 0.3) is 0 Å². The van der Waals surface area contributed by atoms with Gasteiger partial charge in [0, 0.05) is 23.4 Å². The molecule has 3 aromatic rings. The number of aliphatic imine (C=N–C) groups is 1. The zero-order valence-corrected chi connectivity index (χ0v) is 22.1. The normalized spacial score (nSPS) is 19.0. The van der Waals surface area contributed by atoms with E-state index in [0.717, 1.165) is 27.5 Å². The second-order valence-electron chi connectivity index (χ2n) is 8.57. The van der Waals surface area contributed by atoms with Crippen LogP contribution in [0, 0.1) is 0 Å². The summed E-state index contributed by atoms with van der Waals surface area (Å²) in [5, 5.41) is 9.55. The lowest BCUT2D eigenvalue weighted by Crippen LogP contribution is -2.25. The van der Waals surface area contributed by atoms with Crippen molar-refractivity contribution in [1.82, 2.24) is 5.01 Å². The van der Waals surface area contributed by atoms with Crippen molar-refractivity contribution in [2.75, 3.05) is 18.7 Å². The number of nitrogens with zero attached hydrogens (tertiary/aromatic N) is 3. The number of nitrogens with one attached hydrogen (secondary N) is 1. The van der Waals surface area contributed by atoms with Gasteiger partial charge in [0.25, 0.3) is 5.91 Å². The van der Waals surface area contributed by atoms with Gasteiger partial charge < -0.3 is 10.1 Å². The van der Waals surface area contributed by atoms with E-state index in [1.807, 2.05) is 78.0 Å². The molecule has 5 rings (SSSR count). The highest BCUT2D eigenvalue weighted by atomic mass is 32.2. The molecule has 0 unspecified atom stereocenters. The molecule has 0 aliphatic carbocycles. The van der Waals surface area contributed by atoms with Crippen molar-refractivity contribution in [2.45, 2.75) is 29.0 Å². The zero-order valence-electron chi connectivity index (χ0n) is 20.5. The van der Waals surface area contributed by atoms with Gasteiger partial charge in [-0.15, -0.1) is 11.8 Å². The Bertz CT molecular complexity index is 1360. The van der Waals surface area contributed by atoms with Gasteiger partial charge in [-0.05, 0) is 59.8 Å². The Morgan fingerprint density at radius 1 is 1.11 bits per heavy atom. The summed E-state index contributed by atoms with van der Waals surface area (Å²) in [5.74, 6) is 0.248. The number of hydrazone groups is 1. The van der Waals surface area contributed by atoms with Crippen molar-refractivity contribution in [3.05, 3.63) is 90.0 Å². The SMILES string of the molecule is COc1ccc(C2=NN(C3=NC(=O)[C@H](CC(=O)Nc4cccc(SC)c4)S3)[C@@H](c3ccccc3)C2)cc1. The Morgan fingerprint density at radius 3 is 2.62 bits per heavy atom. The van der Waals surface area contributed by atoms with Gasteiger partial charge in [0.15, 0.2) is 5.17 Å². The molecule has 2 amide bonds. The molecule has 3 aromatic carbocycles. The van der Waals surface area contributed by atoms with Crippen molar-refractivity contribution < 1.29 is 14.3 Å². The minimum atomic E-state index is -0.588. The van der Waals surface area contributed by atoms with E-state index in [-0.39, 0.29) is 24.3 Å². The highest BCUT2D eigenvalue weighted by Gasteiger charge is 2.39. The molecular weight excluding hydrogens is 504 g/mol. The van der Waals surface area contributed by atoms with Crippen molar-refractivity contribution in [3.63, 3.8) is 0 Å². The van der Waals surface area contributed by atoms with Gasteiger partial charge in [0.1, 0.15) is 11.0 Å². The Morgan fingerprint density at radius 2 is 1.89 bits per heavy atom. The summed E-state index contributed by atoms with van der Waals surface area (Å²) in [6.45, 7) is 0. The molecular formula is C28H26N4O3S2. The summed E-state index contributed by atoms with van der Waals surface area (Å²) >= 11 is 2.90. The molecule has 2 heterocycles. The molecule has 0 bridgehead atoms. The first-order valence-electron chi connectivity index (χ1n) is 11.8. The van der Waals surface area contributed by atoms with Crippen LogP contribution in [0.3, 0.4) is 0 Å². The smallest absolute Gasteiger partial charge is 0.262 e. The maximum Gasteiger partial charge on any atom is 0.262 e. The fraction of sp³-hybridized carbons (Fsp3) is 0.214. The lowest BCUT2D eigenvalue weighted by Gasteiger charge is -2.23. The zero-order chi connectivity index (χ0) is 25.8. The number of methoxy groups -OCH3 is 1. The van der Waals surface area contributed by atoms with E-state index in [1.54, 1.807) is 18.9 Å². The first-order valence-corrected chi connectivity index (χ1v) is 13.9.